The molecule has 1 amide bonds. The van der Waals surface area contributed by atoms with E-state index in [9.17, 15) is 9.18 Å². The normalized spacial score (nSPS) is 11.7. The first-order valence-electron chi connectivity index (χ1n) is 10.6. The Morgan fingerprint density at radius 2 is 2.00 bits per heavy atom. The van der Waals surface area contributed by atoms with Crippen LogP contribution in [0.15, 0.2) is 64.2 Å². The summed E-state index contributed by atoms with van der Waals surface area (Å²) in [6, 6.07) is 11.1. The van der Waals surface area contributed by atoms with E-state index in [-0.39, 0.29) is 11.7 Å². The molecule has 0 spiro atoms. The molecule has 7 nitrogen and oxygen atoms in total. The Hall–Kier alpha value is -3.94. The van der Waals surface area contributed by atoms with E-state index in [1.807, 2.05) is 13.8 Å². The van der Waals surface area contributed by atoms with Gasteiger partial charge in [0, 0.05) is 23.9 Å². The number of amides is 1. The number of benzene rings is 2. The van der Waals surface area contributed by atoms with Gasteiger partial charge in [-0.25, -0.2) is 14.4 Å². The molecule has 0 aliphatic rings. The lowest BCUT2D eigenvalue weighted by Gasteiger charge is -2.11. The molecule has 0 radical (unpaired) electrons. The molecular weight excluding hydrogens is 421 g/mol. The van der Waals surface area contributed by atoms with Crippen molar-refractivity contribution in [3.8, 4) is 17.3 Å². The summed E-state index contributed by atoms with van der Waals surface area (Å²) in [7, 11) is 0. The summed E-state index contributed by atoms with van der Waals surface area (Å²) < 4.78 is 19.0. The van der Waals surface area contributed by atoms with Crippen LogP contribution in [0.3, 0.4) is 0 Å². The first-order chi connectivity index (χ1) is 16.0. The lowest BCUT2D eigenvalue weighted by atomic mass is 10.1. The second-order valence-electron chi connectivity index (χ2n) is 7.31. The van der Waals surface area contributed by atoms with Crippen molar-refractivity contribution in [1.29, 1.82) is 0 Å². The molecule has 170 valence electrons. The van der Waals surface area contributed by atoms with E-state index in [4.69, 9.17) is 4.74 Å². The molecule has 1 heterocycles. The summed E-state index contributed by atoms with van der Waals surface area (Å²) in [5.41, 5.74) is 2.81. The fraction of sp³-hybridized carbons (Fsp3) is 0.240. The van der Waals surface area contributed by atoms with Crippen LogP contribution < -0.4 is 10.1 Å². The van der Waals surface area contributed by atoms with Gasteiger partial charge in [-0.2, -0.15) is 4.98 Å². The van der Waals surface area contributed by atoms with Gasteiger partial charge in [0.15, 0.2) is 5.82 Å². The van der Waals surface area contributed by atoms with Gasteiger partial charge in [0.1, 0.15) is 12.2 Å². The molecule has 0 aliphatic heterocycles. The number of ether oxygens (including phenoxy) is 1. The number of aromatic nitrogens is 2. The van der Waals surface area contributed by atoms with Gasteiger partial charge in [-0.3, -0.25) is 9.79 Å². The fourth-order valence-electron chi connectivity index (χ4n) is 3.16. The fourth-order valence-corrected chi connectivity index (χ4v) is 3.16. The standard InChI is InChI=1S/C25H26FN5O2/c1-4-33-25-21-12-9-19(24(32)29-13-5-6-17(2)15-28-16-27-3)14-22(21)30-23(31-25)18-7-10-20(26)11-8-18/h7-12,14-16H,3-6,13H2,1-2H3,(H,29,32)/b17-15+,28-16-. The minimum Gasteiger partial charge on any atom is -0.477 e. The lowest BCUT2D eigenvalue weighted by molar-refractivity contribution is 0.0953. The maximum atomic E-state index is 13.3. The van der Waals surface area contributed by atoms with E-state index in [0.717, 1.165) is 18.4 Å². The third-order valence-electron chi connectivity index (χ3n) is 4.78. The predicted octanol–water partition coefficient (Wildman–Crippen LogP) is 4.98. The van der Waals surface area contributed by atoms with Crippen molar-refractivity contribution < 1.29 is 13.9 Å². The third-order valence-corrected chi connectivity index (χ3v) is 4.78. The first-order valence-corrected chi connectivity index (χ1v) is 10.6. The number of fused-ring (bicyclic) bond motifs is 1. The van der Waals surface area contributed by atoms with Crippen LogP contribution in [0.1, 0.15) is 37.0 Å². The Morgan fingerprint density at radius 3 is 2.73 bits per heavy atom. The topological polar surface area (TPSA) is 88.8 Å². The molecule has 2 aromatic carbocycles. The zero-order valence-electron chi connectivity index (χ0n) is 18.7. The summed E-state index contributed by atoms with van der Waals surface area (Å²) in [4.78, 5) is 29.3. The van der Waals surface area contributed by atoms with Gasteiger partial charge < -0.3 is 10.1 Å². The Morgan fingerprint density at radius 1 is 1.21 bits per heavy atom. The Kier molecular flexibility index (Phi) is 8.35. The number of hydrogen-bond acceptors (Lipinski definition) is 5. The van der Waals surface area contributed by atoms with E-state index in [0.29, 0.717) is 46.9 Å². The van der Waals surface area contributed by atoms with Crippen molar-refractivity contribution in [3.63, 3.8) is 0 Å². The van der Waals surface area contributed by atoms with E-state index in [1.54, 1.807) is 36.5 Å². The molecule has 0 saturated heterocycles. The molecule has 0 aliphatic carbocycles. The van der Waals surface area contributed by atoms with Crippen LogP contribution in [0, 0.1) is 5.82 Å². The van der Waals surface area contributed by atoms with Crippen molar-refractivity contribution in [2.24, 2.45) is 9.98 Å². The number of carbonyl (C=O) groups is 1. The van der Waals surface area contributed by atoms with Gasteiger partial charge in [0.25, 0.3) is 5.91 Å². The number of halogens is 1. The minimum absolute atomic E-state index is 0.188. The summed E-state index contributed by atoms with van der Waals surface area (Å²) in [6.45, 7) is 8.13. The maximum Gasteiger partial charge on any atom is 0.251 e. The molecule has 0 bridgehead atoms. The highest BCUT2D eigenvalue weighted by atomic mass is 19.1. The van der Waals surface area contributed by atoms with Gasteiger partial charge in [-0.1, -0.05) is 5.57 Å². The summed E-state index contributed by atoms with van der Waals surface area (Å²) >= 11 is 0. The van der Waals surface area contributed by atoms with Crippen LogP contribution in [0.5, 0.6) is 5.88 Å². The van der Waals surface area contributed by atoms with Crippen LogP contribution in [0.2, 0.25) is 0 Å². The average molecular weight is 448 g/mol. The minimum atomic E-state index is -0.337. The second-order valence-corrected chi connectivity index (χ2v) is 7.31. The maximum absolute atomic E-state index is 13.3. The van der Waals surface area contributed by atoms with Gasteiger partial charge in [-0.15, -0.1) is 0 Å². The van der Waals surface area contributed by atoms with Crippen molar-refractivity contribution in [2.45, 2.75) is 26.7 Å². The highest BCUT2D eigenvalue weighted by Gasteiger charge is 2.13. The van der Waals surface area contributed by atoms with Crippen LogP contribution in [-0.4, -0.2) is 42.1 Å². The Bertz CT molecular complexity index is 1190. The highest BCUT2D eigenvalue weighted by molar-refractivity contribution is 5.98. The largest absolute Gasteiger partial charge is 0.477 e. The molecule has 0 unspecified atom stereocenters. The van der Waals surface area contributed by atoms with Crippen molar-refractivity contribution in [1.82, 2.24) is 15.3 Å². The average Bonchev–Trinajstić information content (AvgIpc) is 2.82. The molecule has 8 heteroatoms. The van der Waals surface area contributed by atoms with Crippen LogP contribution >= 0.6 is 0 Å². The number of allylic oxidation sites excluding steroid dienone is 1. The van der Waals surface area contributed by atoms with E-state index in [2.05, 4.69) is 32.0 Å². The van der Waals surface area contributed by atoms with Crippen molar-refractivity contribution >= 4 is 29.9 Å². The van der Waals surface area contributed by atoms with E-state index < -0.39 is 0 Å². The molecule has 0 fully saturated rings. The Labute approximate surface area is 192 Å². The summed E-state index contributed by atoms with van der Waals surface area (Å²) in [5, 5.41) is 3.63. The number of nitrogens with zero attached hydrogens (tertiary/aromatic N) is 4. The van der Waals surface area contributed by atoms with Gasteiger partial charge in [0.05, 0.1) is 17.5 Å². The van der Waals surface area contributed by atoms with Crippen molar-refractivity contribution in [3.05, 3.63) is 65.6 Å². The number of aliphatic imine (C=N–C) groups is 2. The molecule has 3 rings (SSSR count). The summed E-state index contributed by atoms with van der Waals surface area (Å²) in [6.07, 6.45) is 4.70. The predicted molar refractivity (Wildman–Crippen MR) is 129 cm³/mol. The monoisotopic (exact) mass is 447 g/mol. The first kappa shape index (κ1) is 23.7. The van der Waals surface area contributed by atoms with Gasteiger partial charge in [0.2, 0.25) is 5.88 Å². The van der Waals surface area contributed by atoms with Crippen molar-refractivity contribution in [2.75, 3.05) is 13.2 Å². The molecule has 0 atom stereocenters. The van der Waals surface area contributed by atoms with Crippen LogP contribution in [0.25, 0.3) is 22.3 Å². The number of nitrogens with one attached hydrogen (secondary N) is 1. The molecule has 33 heavy (non-hydrogen) atoms. The van der Waals surface area contributed by atoms with Gasteiger partial charge >= 0.3 is 0 Å². The molecule has 3 aromatic rings. The van der Waals surface area contributed by atoms with E-state index in [1.165, 1.54) is 18.5 Å². The van der Waals surface area contributed by atoms with Crippen LogP contribution in [-0.2, 0) is 0 Å². The Balaban J connectivity index is 1.76. The van der Waals surface area contributed by atoms with Crippen LogP contribution in [0.4, 0.5) is 4.39 Å². The lowest BCUT2D eigenvalue weighted by Crippen LogP contribution is -2.24. The molecule has 1 aromatic heterocycles. The number of carbonyl (C=O) groups excluding carboxylic acids is 1. The SMILES string of the molecule is C=N/C=N\C=C(/C)CCCNC(=O)c1ccc2c(OCC)nc(-c3ccc(F)cc3)nc2c1. The summed E-state index contributed by atoms with van der Waals surface area (Å²) in [5.74, 6) is 0.300. The number of rotatable bonds is 10. The smallest absolute Gasteiger partial charge is 0.251 e. The third kappa shape index (κ3) is 6.52. The second kappa shape index (κ2) is 11.6. The van der Waals surface area contributed by atoms with E-state index >= 15 is 0 Å². The molecular formula is C25H26FN5O2. The quantitative estimate of drug-likeness (QED) is 0.270. The van der Waals surface area contributed by atoms with Gasteiger partial charge in [-0.05, 0) is 75.9 Å². The zero-order valence-corrected chi connectivity index (χ0v) is 18.7. The molecule has 0 saturated carbocycles. The number of hydrogen-bond donors (Lipinski definition) is 1. The zero-order chi connectivity index (χ0) is 23.6. The highest BCUT2D eigenvalue weighted by Crippen LogP contribution is 2.27. The molecule has 1 N–H and O–H groups in total.